The third kappa shape index (κ3) is 1.74. The van der Waals surface area contributed by atoms with Crippen LogP contribution in [0.1, 0.15) is 22.3 Å². The average Bonchev–Trinajstić information content (AvgIpc) is 2.83. The molecule has 88 valence electrons. The van der Waals surface area contributed by atoms with Crippen LogP contribution in [0.25, 0.3) is 0 Å². The standard InChI is InChI=1S/C12H10BrNO3/c13-8-3-11(15)14(5-8)9-2-1-7-6-17-12(16)10(7)4-9/h1-2,4,8H,3,5-6H2. The fourth-order valence-corrected chi connectivity index (χ4v) is 2.75. The van der Waals surface area contributed by atoms with Crippen molar-refractivity contribution in [1.29, 1.82) is 0 Å². The number of nitrogens with zero attached hydrogens (tertiary/aromatic N) is 1. The summed E-state index contributed by atoms with van der Waals surface area (Å²) in [4.78, 5) is 25.1. The molecule has 0 bridgehead atoms. The van der Waals surface area contributed by atoms with Gasteiger partial charge in [0.1, 0.15) is 6.61 Å². The van der Waals surface area contributed by atoms with E-state index in [4.69, 9.17) is 4.74 Å². The Morgan fingerprint density at radius 3 is 2.88 bits per heavy atom. The van der Waals surface area contributed by atoms with Crippen molar-refractivity contribution in [3.05, 3.63) is 29.3 Å². The largest absolute Gasteiger partial charge is 0.457 e. The smallest absolute Gasteiger partial charge is 0.338 e. The number of halogens is 1. The number of alkyl halides is 1. The summed E-state index contributed by atoms with van der Waals surface area (Å²) in [7, 11) is 0. The van der Waals surface area contributed by atoms with Gasteiger partial charge in [-0.25, -0.2) is 4.79 Å². The zero-order chi connectivity index (χ0) is 12.0. The van der Waals surface area contributed by atoms with Crippen LogP contribution in [0.2, 0.25) is 0 Å². The van der Waals surface area contributed by atoms with Crippen molar-refractivity contribution < 1.29 is 14.3 Å². The third-order valence-electron chi connectivity index (χ3n) is 3.06. The molecule has 0 N–H and O–H groups in total. The summed E-state index contributed by atoms with van der Waals surface area (Å²) in [5.74, 6) is -0.220. The number of carbonyl (C=O) groups is 2. The van der Waals surface area contributed by atoms with Gasteiger partial charge in [0.2, 0.25) is 5.91 Å². The van der Waals surface area contributed by atoms with Crippen LogP contribution in [0.5, 0.6) is 0 Å². The highest BCUT2D eigenvalue weighted by atomic mass is 79.9. The molecule has 17 heavy (non-hydrogen) atoms. The molecule has 2 aliphatic heterocycles. The Balaban J connectivity index is 1.97. The summed E-state index contributed by atoms with van der Waals surface area (Å²) in [6.45, 7) is 0.982. The second-order valence-corrected chi connectivity index (χ2v) is 5.52. The first kappa shape index (κ1) is 10.8. The number of rotatable bonds is 1. The van der Waals surface area contributed by atoms with Gasteiger partial charge < -0.3 is 9.64 Å². The second kappa shape index (κ2) is 3.84. The molecule has 3 rings (SSSR count). The van der Waals surface area contributed by atoms with Gasteiger partial charge in [0.25, 0.3) is 0 Å². The van der Waals surface area contributed by atoms with Crippen molar-refractivity contribution in [3.8, 4) is 0 Å². The van der Waals surface area contributed by atoms with Gasteiger partial charge in [-0.15, -0.1) is 0 Å². The molecule has 2 aliphatic rings. The summed E-state index contributed by atoms with van der Waals surface area (Å²) < 4.78 is 4.94. The molecule has 5 heteroatoms. The molecule has 1 fully saturated rings. The predicted octanol–water partition coefficient (Wildman–Crippen LogP) is 1.86. The molecule has 1 atom stereocenters. The molecule has 0 aliphatic carbocycles. The molecule has 0 saturated carbocycles. The van der Waals surface area contributed by atoms with E-state index in [1.807, 2.05) is 12.1 Å². The number of hydrogen-bond donors (Lipinski definition) is 0. The van der Waals surface area contributed by atoms with E-state index < -0.39 is 0 Å². The number of esters is 1. The lowest BCUT2D eigenvalue weighted by atomic mass is 10.1. The molecular formula is C12H10BrNO3. The van der Waals surface area contributed by atoms with E-state index in [-0.39, 0.29) is 16.7 Å². The highest BCUT2D eigenvalue weighted by molar-refractivity contribution is 9.09. The van der Waals surface area contributed by atoms with Crippen molar-refractivity contribution in [1.82, 2.24) is 0 Å². The zero-order valence-corrected chi connectivity index (χ0v) is 10.6. The van der Waals surface area contributed by atoms with Crippen LogP contribution in [-0.2, 0) is 16.1 Å². The van der Waals surface area contributed by atoms with E-state index in [1.54, 1.807) is 11.0 Å². The number of cyclic esters (lactones) is 1. The van der Waals surface area contributed by atoms with E-state index in [1.165, 1.54) is 0 Å². The number of benzene rings is 1. The minimum Gasteiger partial charge on any atom is -0.457 e. The SMILES string of the molecule is O=C1OCc2ccc(N3CC(Br)CC3=O)cc21. The van der Waals surface area contributed by atoms with Gasteiger partial charge in [0.15, 0.2) is 0 Å². The maximum absolute atomic E-state index is 11.7. The predicted molar refractivity (Wildman–Crippen MR) is 65.2 cm³/mol. The Labute approximate surface area is 107 Å². The molecule has 0 aromatic heterocycles. The van der Waals surface area contributed by atoms with Gasteiger partial charge in [-0.2, -0.15) is 0 Å². The molecular weight excluding hydrogens is 286 g/mol. The molecule has 1 saturated heterocycles. The van der Waals surface area contributed by atoms with Crippen molar-refractivity contribution in [2.24, 2.45) is 0 Å². The van der Waals surface area contributed by atoms with E-state index in [0.29, 0.717) is 25.1 Å². The van der Waals surface area contributed by atoms with Gasteiger partial charge in [0.05, 0.1) is 5.56 Å². The Morgan fingerprint density at radius 2 is 2.18 bits per heavy atom. The number of carbonyl (C=O) groups excluding carboxylic acids is 2. The zero-order valence-electron chi connectivity index (χ0n) is 8.98. The van der Waals surface area contributed by atoms with Crippen molar-refractivity contribution in [2.45, 2.75) is 17.9 Å². The summed E-state index contributed by atoms with van der Waals surface area (Å²) in [6.07, 6.45) is 0.502. The molecule has 1 aromatic rings. The Bertz CT molecular complexity index is 514. The van der Waals surface area contributed by atoms with E-state index in [2.05, 4.69) is 15.9 Å². The first-order valence-electron chi connectivity index (χ1n) is 5.39. The number of hydrogen-bond acceptors (Lipinski definition) is 3. The lowest BCUT2D eigenvalue weighted by molar-refractivity contribution is -0.117. The Kier molecular flexibility index (Phi) is 2.43. The number of fused-ring (bicyclic) bond motifs is 1. The van der Waals surface area contributed by atoms with Crippen LogP contribution < -0.4 is 4.90 Å². The molecule has 2 heterocycles. The van der Waals surface area contributed by atoms with Crippen LogP contribution in [0.3, 0.4) is 0 Å². The fraction of sp³-hybridized carbons (Fsp3) is 0.333. The quantitative estimate of drug-likeness (QED) is 0.587. The minimum absolute atomic E-state index is 0.0817. The molecule has 1 amide bonds. The first-order chi connectivity index (χ1) is 8.15. The van der Waals surface area contributed by atoms with Crippen LogP contribution in [0, 0.1) is 0 Å². The van der Waals surface area contributed by atoms with Gasteiger partial charge in [-0.3, -0.25) is 4.79 Å². The lowest BCUT2D eigenvalue weighted by Gasteiger charge is -2.16. The third-order valence-corrected chi connectivity index (χ3v) is 3.67. The van der Waals surface area contributed by atoms with Crippen molar-refractivity contribution in [3.63, 3.8) is 0 Å². The van der Waals surface area contributed by atoms with Gasteiger partial charge >= 0.3 is 5.97 Å². The van der Waals surface area contributed by atoms with Gasteiger partial charge in [-0.05, 0) is 12.1 Å². The normalized spacial score (nSPS) is 22.9. The number of amides is 1. The molecule has 1 aromatic carbocycles. The lowest BCUT2D eigenvalue weighted by Crippen LogP contribution is -2.24. The Morgan fingerprint density at radius 1 is 1.35 bits per heavy atom. The highest BCUT2D eigenvalue weighted by Crippen LogP contribution is 2.29. The van der Waals surface area contributed by atoms with E-state index in [9.17, 15) is 9.59 Å². The van der Waals surface area contributed by atoms with Gasteiger partial charge in [-0.1, -0.05) is 22.0 Å². The molecule has 1 unspecified atom stereocenters. The highest BCUT2D eigenvalue weighted by Gasteiger charge is 2.30. The monoisotopic (exact) mass is 295 g/mol. The first-order valence-corrected chi connectivity index (χ1v) is 6.31. The van der Waals surface area contributed by atoms with Crippen LogP contribution >= 0.6 is 15.9 Å². The average molecular weight is 296 g/mol. The number of anilines is 1. The fourth-order valence-electron chi connectivity index (χ4n) is 2.18. The van der Waals surface area contributed by atoms with Crippen LogP contribution in [-0.4, -0.2) is 23.2 Å². The second-order valence-electron chi connectivity index (χ2n) is 4.22. The van der Waals surface area contributed by atoms with E-state index >= 15 is 0 Å². The number of ether oxygens (including phenoxy) is 1. The van der Waals surface area contributed by atoms with Gasteiger partial charge in [0, 0.05) is 29.0 Å². The minimum atomic E-state index is -0.302. The topological polar surface area (TPSA) is 46.6 Å². The summed E-state index contributed by atoms with van der Waals surface area (Å²) in [5, 5.41) is 0. The summed E-state index contributed by atoms with van der Waals surface area (Å²) in [5.41, 5.74) is 2.24. The van der Waals surface area contributed by atoms with Crippen LogP contribution in [0.15, 0.2) is 18.2 Å². The molecule has 0 radical (unpaired) electrons. The van der Waals surface area contributed by atoms with Crippen molar-refractivity contribution >= 4 is 33.5 Å². The summed E-state index contributed by atoms with van der Waals surface area (Å²) in [6, 6.07) is 5.46. The van der Waals surface area contributed by atoms with Crippen LogP contribution in [0.4, 0.5) is 5.69 Å². The van der Waals surface area contributed by atoms with E-state index in [0.717, 1.165) is 11.3 Å². The molecule has 4 nitrogen and oxygen atoms in total. The van der Waals surface area contributed by atoms with Crippen molar-refractivity contribution in [2.75, 3.05) is 11.4 Å². The summed E-state index contributed by atoms with van der Waals surface area (Å²) >= 11 is 3.44. The maximum Gasteiger partial charge on any atom is 0.338 e. The maximum atomic E-state index is 11.7. The molecule has 0 spiro atoms. The Hall–Kier alpha value is -1.36.